The first-order valence-corrected chi connectivity index (χ1v) is 3.85. The molecule has 0 bridgehead atoms. The van der Waals surface area contributed by atoms with Gasteiger partial charge in [0.1, 0.15) is 6.04 Å². The average Bonchev–Trinajstić information content (AvgIpc) is 2.05. The molecule has 0 amide bonds. The molecule has 3 nitrogen and oxygen atoms in total. The summed E-state index contributed by atoms with van der Waals surface area (Å²) in [6.45, 7) is 5.09. The van der Waals surface area contributed by atoms with Gasteiger partial charge in [0.05, 0.1) is 0 Å². The molecule has 0 radical (unpaired) electrons. The second kappa shape index (κ2) is 2.48. The van der Waals surface area contributed by atoms with Crippen LogP contribution in [0, 0.1) is 5.41 Å². The third-order valence-electron chi connectivity index (χ3n) is 2.24. The van der Waals surface area contributed by atoms with Crippen LogP contribution in [0.5, 0.6) is 0 Å². The van der Waals surface area contributed by atoms with Gasteiger partial charge in [0.2, 0.25) is 0 Å². The minimum absolute atomic E-state index is 0.164. The fraction of sp³-hybridized carbons (Fsp3) is 0.875. The summed E-state index contributed by atoms with van der Waals surface area (Å²) in [6, 6.07) is -0.273. The van der Waals surface area contributed by atoms with E-state index in [1.165, 1.54) is 0 Å². The summed E-state index contributed by atoms with van der Waals surface area (Å²) in [6.07, 6.45) is 0.763. The highest BCUT2D eigenvalue weighted by Gasteiger charge is 2.38. The molecule has 1 N–H and O–H groups in total. The van der Waals surface area contributed by atoms with Crippen molar-refractivity contribution in [3.05, 3.63) is 0 Å². The molecular weight excluding hydrogens is 142 g/mol. The standard InChI is InChI=1S/C8H15NO2/c1-8(2)4-6(7(10)11)9(3)5-8/h6H,4-5H2,1-3H3,(H,10,11)/t6-/m1/s1. The highest BCUT2D eigenvalue weighted by atomic mass is 16.4. The predicted molar refractivity (Wildman–Crippen MR) is 42.5 cm³/mol. The number of likely N-dealkylation sites (tertiary alicyclic amines) is 1. The maximum atomic E-state index is 10.7. The number of carboxylic acids is 1. The Kier molecular flexibility index (Phi) is 1.92. The van der Waals surface area contributed by atoms with Crippen molar-refractivity contribution in [2.75, 3.05) is 13.6 Å². The maximum absolute atomic E-state index is 10.7. The van der Waals surface area contributed by atoms with Crippen LogP contribution >= 0.6 is 0 Å². The lowest BCUT2D eigenvalue weighted by Crippen LogP contribution is -2.32. The van der Waals surface area contributed by atoms with E-state index < -0.39 is 5.97 Å². The quantitative estimate of drug-likeness (QED) is 0.612. The van der Waals surface area contributed by atoms with Crippen molar-refractivity contribution in [2.24, 2.45) is 5.41 Å². The second-order valence-electron chi connectivity index (χ2n) is 4.14. The van der Waals surface area contributed by atoms with E-state index in [-0.39, 0.29) is 11.5 Å². The molecule has 1 atom stereocenters. The molecule has 0 aromatic heterocycles. The van der Waals surface area contributed by atoms with E-state index in [1.54, 1.807) is 0 Å². The lowest BCUT2D eigenvalue weighted by atomic mass is 9.91. The largest absolute Gasteiger partial charge is 0.480 e. The summed E-state index contributed by atoms with van der Waals surface area (Å²) in [5.41, 5.74) is 0.164. The Balaban J connectivity index is 2.66. The molecule has 1 fully saturated rings. The van der Waals surface area contributed by atoms with Crippen molar-refractivity contribution >= 4 is 5.97 Å². The van der Waals surface area contributed by atoms with Gasteiger partial charge in [-0.15, -0.1) is 0 Å². The Morgan fingerprint density at radius 3 is 2.36 bits per heavy atom. The zero-order chi connectivity index (χ0) is 8.65. The van der Waals surface area contributed by atoms with E-state index in [0.29, 0.717) is 0 Å². The Hall–Kier alpha value is -0.570. The molecule has 0 saturated carbocycles. The molecule has 0 spiro atoms. The molecule has 11 heavy (non-hydrogen) atoms. The van der Waals surface area contributed by atoms with Crippen LogP contribution in [0.1, 0.15) is 20.3 Å². The van der Waals surface area contributed by atoms with Gasteiger partial charge in [0, 0.05) is 6.54 Å². The third kappa shape index (κ3) is 1.71. The highest BCUT2D eigenvalue weighted by molar-refractivity contribution is 5.74. The highest BCUT2D eigenvalue weighted by Crippen LogP contribution is 2.32. The minimum Gasteiger partial charge on any atom is -0.480 e. The SMILES string of the molecule is CN1CC(C)(C)C[C@@H]1C(=O)O. The summed E-state index contributed by atoms with van der Waals surface area (Å²) in [7, 11) is 1.87. The molecule has 0 aliphatic carbocycles. The van der Waals surface area contributed by atoms with Crippen LogP contribution < -0.4 is 0 Å². The number of aliphatic carboxylic acids is 1. The van der Waals surface area contributed by atoms with E-state index >= 15 is 0 Å². The first-order chi connectivity index (χ1) is 4.92. The van der Waals surface area contributed by atoms with Gasteiger partial charge in [-0.25, -0.2) is 0 Å². The van der Waals surface area contributed by atoms with Crippen molar-refractivity contribution < 1.29 is 9.90 Å². The lowest BCUT2D eigenvalue weighted by molar-refractivity contribution is -0.141. The zero-order valence-corrected chi connectivity index (χ0v) is 7.29. The number of nitrogens with zero attached hydrogens (tertiary/aromatic N) is 1. The summed E-state index contributed by atoms with van der Waals surface area (Å²) >= 11 is 0. The van der Waals surface area contributed by atoms with Crippen LogP contribution in [0.4, 0.5) is 0 Å². The van der Waals surface area contributed by atoms with E-state index in [9.17, 15) is 4.79 Å². The molecule has 3 heteroatoms. The Morgan fingerprint density at radius 1 is 1.64 bits per heavy atom. The monoisotopic (exact) mass is 157 g/mol. The topological polar surface area (TPSA) is 40.5 Å². The summed E-state index contributed by atoms with van der Waals surface area (Å²) in [5.74, 6) is -0.696. The van der Waals surface area contributed by atoms with Crippen molar-refractivity contribution in [3.63, 3.8) is 0 Å². The number of carbonyl (C=O) groups is 1. The number of rotatable bonds is 1. The van der Waals surface area contributed by atoms with E-state index in [2.05, 4.69) is 13.8 Å². The summed E-state index contributed by atoms with van der Waals surface area (Å²) in [4.78, 5) is 12.6. The van der Waals surface area contributed by atoms with Crippen molar-refractivity contribution in [3.8, 4) is 0 Å². The summed E-state index contributed by atoms with van der Waals surface area (Å²) in [5, 5.41) is 8.77. The fourth-order valence-electron chi connectivity index (χ4n) is 1.80. The Labute approximate surface area is 67.0 Å². The number of carboxylic acid groups (broad SMARTS) is 1. The first-order valence-electron chi connectivity index (χ1n) is 3.85. The molecule has 0 unspecified atom stereocenters. The molecule has 1 saturated heterocycles. The van der Waals surface area contributed by atoms with Crippen LogP contribution in [-0.4, -0.2) is 35.6 Å². The van der Waals surface area contributed by atoms with Crippen molar-refractivity contribution in [2.45, 2.75) is 26.3 Å². The van der Waals surface area contributed by atoms with E-state index in [1.807, 2.05) is 11.9 Å². The molecule has 1 aliphatic rings. The van der Waals surface area contributed by atoms with Gasteiger partial charge in [-0.1, -0.05) is 13.8 Å². The van der Waals surface area contributed by atoms with Crippen LogP contribution in [-0.2, 0) is 4.79 Å². The second-order valence-corrected chi connectivity index (χ2v) is 4.14. The smallest absolute Gasteiger partial charge is 0.320 e. The molecule has 0 aromatic carbocycles. The number of hydrogen-bond acceptors (Lipinski definition) is 2. The number of hydrogen-bond donors (Lipinski definition) is 1. The van der Waals surface area contributed by atoms with Crippen LogP contribution in [0.25, 0.3) is 0 Å². The predicted octanol–water partition coefficient (Wildman–Crippen LogP) is 0.801. The van der Waals surface area contributed by atoms with Crippen molar-refractivity contribution in [1.29, 1.82) is 0 Å². The minimum atomic E-state index is -0.696. The Bertz CT molecular complexity index is 177. The van der Waals surface area contributed by atoms with Gasteiger partial charge >= 0.3 is 5.97 Å². The normalized spacial score (nSPS) is 30.6. The van der Waals surface area contributed by atoms with E-state index in [0.717, 1.165) is 13.0 Å². The van der Waals surface area contributed by atoms with Gasteiger partial charge in [0.25, 0.3) is 0 Å². The van der Waals surface area contributed by atoms with Crippen LogP contribution in [0.3, 0.4) is 0 Å². The summed E-state index contributed by atoms with van der Waals surface area (Å²) < 4.78 is 0. The van der Waals surface area contributed by atoms with Gasteiger partial charge in [-0.2, -0.15) is 0 Å². The molecule has 1 aliphatic heterocycles. The number of likely N-dealkylation sites (N-methyl/N-ethyl adjacent to an activating group) is 1. The zero-order valence-electron chi connectivity index (χ0n) is 7.29. The van der Waals surface area contributed by atoms with Gasteiger partial charge in [-0.05, 0) is 18.9 Å². The Morgan fingerprint density at radius 2 is 2.18 bits per heavy atom. The van der Waals surface area contributed by atoms with Gasteiger partial charge in [0.15, 0.2) is 0 Å². The van der Waals surface area contributed by atoms with E-state index in [4.69, 9.17) is 5.11 Å². The molecule has 1 rings (SSSR count). The molecular formula is C8H15NO2. The molecule has 0 aromatic rings. The molecule has 64 valence electrons. The third-order valence-corrected chi connectivity index (χ3v) is 2.24. The first kappa shape index (κ1) is 8.53. The average molecular weight is 157 g/mol. The maximum Gasteiger partial charge on any atom is 0.320 e. The van der Waals surface area contributed by atoms with Gasteiger partial charge in [-0.3, -0.25) is 9.69 Å². The van der Waals surface area contributed by atoms with Crippen LogP contribution in [0.15, 0.2) is 0 Å². The van der Waals surface area contributed by atoms with Crippen LogP contribution in [0.2, 0.25) is 0 Å². The molecule has 1 heterocycles. The fourth-order valence-corrected chi connectivity index (χ4v) is 1.80. The van der Waals surface area contributed by atoms with Crippen molar-refractivity contribution in [1.82, 2.24) is 4.90 Å². The lowest BCUT2D eigenvalue weighted by Gasteiger charge is -2.15. The van der Waals surface area contributed by atoms with Gasteiger partial charge < -0.3 is 5.11 Å².